The lowest BCUT2D eigenvalue weighted by Crippen LogP contribution is -2.52. The molecule has 2 heterocycles. The Kier molecular flexibility index (Phi) is 8.69. The van der Waals surface area contributed by atoms with Crippen LogP contribution in [0.4, 0.5) is 5.82 Å². The number of anilines is 1. The molecule has 1 saturated heterocycles. The van der Waals surface area contributed by atoms with Gasteiger partial charge in [-0.15, -0.1) is 0 Å². The lowest BCUT2D eigenvalue weighted by Gasteiger charge is -2.36. The van der Waals surface area contributed by atoms with Crippen molar-refractivity contribution in [2.24, 2.45) is 0 Å². The zero-order valence-electron chi connectivity index (χ0n) is 16.1. The number of aryl methyl sites for hydroxylation is 1. The fourth-order valence-electron chi connectivity index (χ4n) is 2.88. The summed E-state index contributed by atoms with van der Waals surface area (Å²) in [6, 6.07) is 11.2. The number of ether oxygens (including phenoxy) is 1. The monoisotopic (exact) mass is 421 g/mol. The summed E-state index contributed by atoms with van der Waals surface area (Å²) in [5.41, 5.74) is 0.969. The molecular formula is C20H24ClN3O5. The summed E-state index contributed by atoms with van der Waals surface area (Å²) in [6.07, 6.45) is 0.441. The molecule has 2 aromatic rings. The number of amides is 1. The van der Waals surface area contributed by atoms with E-state index >= 15 is 0 Å². The van der Waals surface area contributed by atoms with Crippen molar-refractivity contribution < 1.29 is 24.5 Å². The number of pyridine rings is 1. The molecule has 8 nitrogen and oxygen atoms in total. The first kappa shape index (κ1) is 22.4. The van der Waals surface area contributed by atoms with Crippen molar-refractivity contribution >= 4 is 29.8 Å². The van der Waals surface area contributed by atoms with Crippen LogP contribution in [-0.2, 0) is 9.59 Å². The summed E-state index contributed by atoms with van der Waals surface area (Å²) < 4.78 is 5.58. The highest BCUT2D eigenvalue weighted by atomic mass is 35.5. The first-order chi connectivity index (χ1) is 14.0. The van der Waals surface area contributed by atoms with Gasteiger partial charge in [-0.05, 0) is 30.7 Å². The van der Waals surface area contributed by atoms with E-state index < -0.39 is 6.10 Å². The normalized spacial score (nSPS) is 14.4. The van der Waals surface area contributed by atoms with Gasteiger partial charge in [-0.25, -0.2) is 4.98 Å². The lowest BCUT2D eigenvalue weighted by molar-refractivity contribution is -0.142. The minimum Gasteiger partial charge on any atom is -0.490 e. The van der Waals surface area contributed by atoms with Crippen molar-refractivity contribution in [1.29, 1.82) is 0 Å². The number of aromatic nitrogens is 1. The van der Waals surface area contributed by atoms with Gasteiger partial charge in [0.25, 0.3) is 12.4 Å². The van der Waals surface area contributed by atoms with E-state index in [9.17, 15) is 9.90 Å². The number of aliphatic hydroxyl groups excluding tert-OH is 1. The maximum absolute atomic E-state index is 12.4. The maximum Gasteiger partial charge on any atom is 0.290 e. The van der Waals surface area contributed by atoms with Crippen molar-refractivity contribution in [2.45, 2.75) is 13.0 Å². The third kappa shape index (κ3) is 6.62. The molecule has 1 aromatic carbocycles. The predicted octanol–water partition coefficient (Wildman–Crippen LogP) is 1.83. The van der Waals surface area contributed by atoms with E-state index in [0.717, 1.165) is 11.4 Å². The highest BCUT2D eigenvalue weighted by molar-refractivity contribution is 6.30. The number of aliphatic hydroxyl groups is 1. The average Bonchev–Trinajstić information content (AvgIpc) is 2.74. The summed E-state index contributed by atoms with van der Waals surface area (Å²) in [5.74, 6) is 1.21. The molecule has 0 saturated carbocycles. The van der Waals surface area contributed by atoms with Crippen LogP contribution < -0.4 is 9.64 Å². The minimum absolute atomic E-state index is 0.0529. The number of piperazine rings is 1. The SMILES string of the molecule is Cc1ccccc1OCC(O)C(=O)N1CCN(c2ccc(Cl)cn2)CC1.O=CO. The Hall–Kier alpha value is -2.84. The van der Waals surface area contributed by atoms with Crippen LogP contribution in [0.15, 0.2) is 42.6 Å². The lowest BCUT2D eigenvalue weighted by atomic mass is 10.2. The highest BCUT2D eigenvalue weighted by Gasteiger charge is 2.27. The van der Waals surface area contributed by atoms with Gasteiger partial charge in [0.05, 0.1) is 5.02 Å². The summed E-state index contributed by atoms with van der Waals surface area (Å²) in [5, 5.41) is 17.7. The van der Waals surface area contributed by atoms with Crippen LogP contribution >= 0.6 is 11.6 Å². The Morgan fingerprint density at radius 3 is 2.48 bits per heavy atom. The van der Waals surface area contributed by atoms with Crippen LogP contribution in [0.3, 0.4) is 0 Å². The number of halogens is 1. The summed E-state index contributed by atoms with van der Waals surface area (Å²) >= 11 is 5.86. The van der Waals surface area contributed by atoms with Crippen molar-refractivity contribution in [3.05, 3.63) is 53.2 Å². The molecule has 1 unspecified atom stereocenters. The average molecular weight is 422 g/mol. The van der Waals surface area contributed by atoms with Crippen LogP contribution in [0, 0.1) is 6.92 Å². The molecule has 0 bridgehead atoms. The smallest absolute Gasteiger partial charge is 0.290 e. The van der Waals surface area contributed by atoms with Crippen molar-refractivity contribution in [3.8, 4) is 5.75 Å². The molecule has 1 aromatic heterocycles. The molecule has 0 aliphatic carbocycles. The number of carbonyl (C=O) groups excluding carboxylic acids is 1. The van der Waals surface area contributed by atoms with Crippen LogP contribution in [-0.4, -0.2) is 71.4 Å². The molecule has 1 atom stereocenters. The van der Waals surface area contributed by atoms with Crippen molar-refractivity contribution in [3.63, 3.8) is 0 Å². The van der Waals surface area contributed by atoms with Gasteiger partial charge in [0.1, 0.15) is 18.2 Å². The highest BCUT2D eigenvalue weighted by Crippen LogP contribution is 2.18. The standard InChI is InChI=1S/C19H22ClN3O3.CH2O2/c1-14-4-2-3-5-17(14)26-13-16(24)19(25)23-10-8-22(9-11-23)18-7-6-15(20)12-21-18;2-1-3/h2-7,12,16,24H,8-11,13H2,1H3;1H,(H,2,3). The van der Waals surface area contributed by atoms with E-state index in [4.69, 9.17) is 26.2 Å². The molecule has 2 N–H and O–H groups in total. The van der Waals surface area contributed by atoms with Gasteiger partial charge < -0.3 is 24.7 Å². The number of para-hydroxylation sites is 1. The molecule has 0 spiro atoms. The van der Waals surface area contributed by atoms with Gasteiger partial charge in [0, 0.05) is 32.4 Å². The number of carbonyl (C=O) groups is 2. The first-order valence-corrected chi connectivity index (χ1v) is 9.43. The third-order valence-corrected chi connectivity index (χ3v) is 4.63. The Labute approximate surface area is 174 Å². The molecule has 3 rings (SSSR count). The van der Waals surface area contributed by atoms with Gasteiger partial charge >= 0.3 is 0 Å². The summed E-state index contributed by atoms with van der Waals surface area (Å²) in [6.45, 7) is 4.00. The second-order valence-corrected chi connectivity index (χ2v) is 6.78. The van der Waals surface area contributed by atoms with Gasteiger partial charge in [-0.1, -0.05) is 29.8 Å². The fourth-order valence-corrected chi connectivity index (χ4v) is 2.99. The zero-order chi connectivity index (χ0) is 21.2. The van der Waals surface area contributed by atoms with Gasteiger partial charge in [-0.3, -0.25) is 9.59 Å². The number of rotatable bonds is 5. The first-order valence-electron chi connectivity index (χ1n) is 9.06. The molecule has 1 fully saturated rings. The van der Waals surface area contributed by atoms with Gasteiger partial charge in [-0.2, -0.15) is 0 Å². The topological polar surface area (TPSA) is 103 Å². The molecule has 1 aliphatic rings. The van der Waals surface area contributed by atoms with Crippen LogP contribution in [0.5, 0.6) is 5.75 Å². The number of hydrogen-bond acceptors (Lipinski definition) is 6. The molecule has 9 heteroatoms. The largest absolute Gasteiger partial charge is 0.490 e. The third-order valence-electron chi connectivity index (χ3n) is 4.40. The Morgan fingerprint density at radius 1 is 1.24 bits per heavy atom. The maximum atomic E-state index is 12.4. The van der Waals surface area contributed by atoms with Gasteiger partial charge in [0.15, 0.2) is 6.10 Å². The Bertz CT molecular complexity index is 795. The van der Waals surface area contributed by atoms with E-state index in [0.29, 0.717) is 37.0 Å². The minimum atomic E-state index is -1.17. The second-order valence-electron chi connectivity index (χ2n) is 6.34. The van der Waals surface area contributed by atoms with E-state index in [1.165, 1.54) is 0 Å². The second kappa shape index (κ2) is 11.2. The van der Waals surface area contributed by atoms with Crippen LogP contribution in [0.2, 0.25) is 5.02 Å². The summed E-state index contributed by atoms with van der Waals surface area (Å²) in [4.78, 5) is 28.9. The molecule has 1 aliphatic heterocycles. The van der Waals surface area contributed by atoms with E-state index in [-0.39, 0.29) is 19.0 Å². The number of nitrogens with zero attached hydrogens (tertiary/aromatic N) is 3. The Morgan fingerprint density at radius 2 is 1.90 bits per heavy atom. The Balaban J connectivity index is 0.000000941. The number of carboxylic acid groups (broad SMARTS) is 1. The van der Waals surface area contributed by atoms with Crippen LogP contribution in [0.25, 0.3) is 0 Å². The fraction of sp³-hybridized carbons (Fsp3) is 0.350. The zero-order valence-corrected chi connectivity index (χ0v) is 16.8. The predicted molar refractivity (Wildman–Crippen MR) is 109 cm³/mol. The van der Waals surface area contributed by atoms with E-state index in [2.05, 4.69) is 9.88 Å². The van der Waals surface area contributed by atoms with Crippen LogP contribution in [0.1, 0.15) is 5.56 Å². The molecular weight excluding hydrogens is 398 g/mol. The molecule has 156 valence electrons. The van der Waals surface area contributed by atoms with Crippen molar-refractivity contribution in [2.75, 3.05) is 37.7 Å². The van der Waals surface area contributed by atoms with Gasteiger partial charge in [0.2, 0.25) is 0 Å². The number of hydrogen-bond donors (Lipinski definition) is 2. The number of benzene rings is 1. The van der Waals surface area contributed by atoms with Crippen molar-refractivity contribution in [1.82, 2.24) is 9.88 Å². The summed E-state index contributed by atoms with van der Waals surface area (Å²) in [7, 11) is 0. The quantitative estimate of drug-likeness (QED) is 0.710. The molecule has 29 heavy (non-hydrogen) atoms. The van der Waals surface area contributed by atoms with E-state index in [1.54, 1.807) is 17.2 Å². The van der Waals surface area contributed by atoms with E-state index in [1.807, 2.05) is 37.3 Å². The molecule has 1 amide bonds. The molecule has 0 radical (unpaired) electrons.